The molecule has 0 aromatic rings. The van der Waals surface area contributed by atoms with Crippen LogP contribution in [0, 0.1) is 0 Å². The van der Waals surface area contributed by atoms with Crippen molar-refractivity contribution in [3.8, 4) is 0 Å². The van der Waals surface area contributed by atoms with Crippen LogP contribution in [-0.4, -0.2) is 36.9 Å². The van der Waals surface area contributed by atoms with E-state index < -0.39 is 0 Å². The average molecular weight is 226 g/mol. The summed E-state index contributed by atoms with van der Waals surface area (Å²) in [6, 6.07) is 0. The van der Waals surface area contributed by atoms with Crippen molar-refractivity contribution in [3.05, 3.63) is 0 Å². The van der Waals surface area contributed by atoms with Crippen molar-refractivity contribution in [1.82, 2.24) is 10.6 Å². The summed E-state index contributed by atoms with van der Waals surface area (Å²) in [6.07, 6.45) is 5.30. The van der Waals surface area contributed by atoms with Gasteiger partial charge in [-0.15, -0.1) is 0 Å². The zero-order valence-corrected chi connectivity index (χ0v) is 10.9. The van der Waals surface area contributed by atoms with Gasteiger partial charge in [0.1, 0.15) is 0 Å². The van der Waals surface area contributed by atoms with Gasteiger partial charge in [0, 0.05) is 12.1 Å². The van der Waals surface area contributed by atoms with Gasteiger partial charge in [0.2, 0.25) is 0 Å². The van der Waals surface area contributed by atoms with Crippen LogP contribution in [-0.2, 0) is 4.74 Å². The monoisotopic (exact) mass is 226 g/mol. The molecule has 2 aliphatic rings. The van der Waals surface area contributed by atoms with Gasteiger partial charge >= 0.3 is 0 Å². The van der Waals surface area contributed by atoms with E-state index in [-0.39, 0.29) is 11.1 Å². The third-order valence-electron chi connectivity index (χ3n) is 3.71. The largest absolute Gasteiger partial charge is 0.370 e. The summed E-state index contributed by atoms with van der Waals surface area (Å²) in [5, 5.41) is 6.96. The highest BCUT2D eigenvalue weighted by Crippen LogP contribution is 2.37. The molecule has 1 unspecified atom stereocenters. The van der Waals surface area contributed by atoms with Crippen molar-refractivity contribution in [2.75, 3.05) is 19.6 Å². The number of rotatable bonds is 2. The zero-order valence-electron chi connectivity index (χ0n) is 10.9. The molecule has 2 saturated heterocycles. The number of hydrogen-bond donors (Lipinski definition) is 2. The van der Waals surface area contributed by atoms with Gasteiger partial charge in [-0.1, -0.05) is 0 Å². The second-order valence-corrected chi connectivity index (χ2v) is 6.34. The van der Waals surface area contributed by atoms with Gasteiger partial charge in [-0.3, -0.25) is 0 Å². The summed E-state index contributed by atoms with van der Waals surface area (Å²) in [4.78, 5) is 0. The maximum Gasteiger partial charge on any atom is 0.0712 e. The minimum absolute atomic E-state index is 0.202. The first kappa shape index (κ1) is 12.3. The summed E-state index contributed by atoms with van der Waals surface area (Å²) in [5.74, 6) is 0. The first-order chi connectivity index (χ1) is 7.49. The van der Waals surface area contributed by atoms with Gasteiger partial charge in [-0.25, -0.2) is 0 Å². The van der Waals surface area contributed by atoms with Gasteiger partial charge < -0.3 is 15.4 Å². The summed E-state index contributed by atoms with van der Waals surface area (Å²) in [6.45, 7) is 9.88. The maximum absolute atomic E-state index is 6.28. The Morgan fingerprint density at radius 1 is 1.25 bits per heavy atom. The molecule has 2 fully saturated rings. The molecule has 3 nitrogen and oxygen atoms in total. The first-order valence-corrected chi connectivity index (χ1v) is 6.63. The van der Waals surface area contributed by atoms with Gasteiger partial charge in [0.05, 0.1) is 11.7 Å². The fourth-order valence-electron chi connectivity index (χ4n) is 2.71. The number of hydrogen-bond acceptors (Lipinski definition) is 3. The number of ether oxygens (including phenoxy) is 1. The van der Waals surface area contributed by atoms with E-state index in [0.717, 1.165) is 19.6 Å². The van der Waals surface area contributed by atoms with Crippen molar-refractivity contribution in [2.24, 2.45) is 0 Å². The molecule has 0 radical (unpaired) electrons. The molecule has 0 bridgehead atoms. The molecule has 0 aromatic carbocycles. The first-order valence-electron chi connectivity index (χ1n) is 6.63. The summed E-state index contributed by atoms with van der Waals surface area (Å²) in [7, 11) is 0. The minimum Gasteiger partial charge on any atom is -0.370 e. The van der Waals surface area contributed by atoms with Crippen LogP contribution in [0.5, 0.6) is 0 Å². The lowest BCUT2D eigenvalue weighted by Crippen LogP contribution is -2.44. The highest BCUT2D eigenvalue weighted by molar-refractivity contribution is 4.93. The van der Waals surface area contributed by atoms with Crippen LogP contribution in [0.15, 0.2) is 0 Å². The van der Waals surface area contributed by atoms with Crippen molar-refractivity contribution in [3.63, 3.8) is 0 Å². The highest BCUT2D eigenvalue weighted by atomic mass is 16.5. The van der Waals surface area contributed by atoms with E-state index in [1.807, 2.05) is 0 Å². The fraction of sp³-hybridized carbons (Fsp3) is 1.00. The van der Waals surface area contributed by atoms with Crippen molar-refractivity contribution in [1.29, 1.82) is 0 Å². The third-order valence-corrected chi connectivity index (χ3v) is 3.71. The van der Waals surface area contributed by atoms with Gasteiger partial charge in [0.15, 0.2) is 0 Å². The van der Waals surface area contributed by atoms with Crippen molar-refractivity contribution in [2.45, 2.75) is 63.7 Å². The van der Waals surface area contributed by atoms with Gasteiger partial charge in [-0.2, -0.15) is 0 Å². The lowest BCUT2D eigenvalue weighted by Gasteiger charge is -2.34. The topological polar surface area (TPSA) is 33.3 Å². The molecule has 3 heteroatoms. The number of nitrogens with one attached hydrogen (secondary N) is 2. The Morgan fingerprint density at radius 3 is 2.56 bits per heavy atom. The second-order valence-electron chi connectivity index (χ2n) is 6.34. The maximum atomic E-state index is 6.28. The van der Waals surface area contributed by atoms with E-state index >= 15 is 0 Å². The highest BCUT2D eigenvalue weighted by Gasteiger charge is 2.40. The Balaban J connectivity index is 1.79. The molecular weight excluding hydrogens is 200 g/mol. The lowest BCUT2D eigenvalue weighted by molar-refractivity contribution is -0.0594. The molecule has 0 amide bonds. The molecule has 2 rings (SSSR count). The van der Waals surface area contributed by atoms with Crippen molar-refractivity contribution >= 4 is 0 Å². The molecule has 16 heavy (non-hydrogen) atoms. The van der Waals surface area contributed by atoms with Crippen LogP contribution in [0.2, 0.25) is 0 Å². The average Bonchev–Trinajstić information content (AvgIpc) is 2.59. The van der Waals surface area contributed by atoms with E-state index in [0.29, 0.717) is 6.10 Å². The Labute approximate surface area is 99.3 Å². The quantitative estimate of drug-likeness (QED) is 0.751. The standard InChI is InChI=1S/C13H26N2O/c1-12(2,3)15-10-11-4-5-13(16-11)6-8-14-9-7-13/h11,14-15H,4-10H2,1-3H3. The molecule has 2 heterocycles. The van der Waals surface area contributed by atoms with Crippen LogP contribution in [0.4, 0.5) is 0 Å². The summed E-state index contributed by atoms with van der Waals surface area (Å²) in [5.41, 5.74) is 0.419. The van der Waals surface area contributed by atoms with E-state index in [1.54, 1.807) is 0 Å². The van der Waals surface area contributed by atoms with Crippen LogP contribution in [0.1, 0.15) is 46.5 Å². The fourth-order valence-corrected chi connectivity index (χ4v) is 2.71. The van der Waals surface area contributed by atoms with E-state index in [1.165, 1.54) is 25.7 Å². The summed E-state index contributed by atoms with van der Waals surface area (Å²) >= 11 is 0. The Morgan fingerprint density at radius 2 is 1.94 bits per heavy atom. The summed E-state index contributed by atoms with van der Waals surface area (Å²) < 4.78 is 6.28. The van der Waals surface area contributed by atoms with Crippen molar-refractivity contribution < 1.29 is 4.74 Å². The van der Waals surface area contributed by atoms with E-state index in [9.17, 15) is 0 Å². The molecule has 94 valence electrons. The Hall–Kier alpha value is -0.120. The van der Waals surface area contributed by atoms with Crippen LogP contribution >= 0.6 is 0 Å². The number of piperidine rings is 1. The van der Waals surface area contributed by atoms with E-state index in [4.69, 9.17) is 4.74 Å². The van der Waals surface area contributed by atoms with Crippen LogP contribution in [0.25, 0.3) is 0 Å². The van der Waals surface area contributed by atoms with Gasteiger partial charge in [0.25, 0.3) is 0 Å². The minimum atomic E-state index is 0.202. The predicted molar refractivity (Wildman–Crippen MR) is 66.7 cm³/mol. The Kier molecular flexibility index (Phi) is 3.57. The second kappa shape index (κ2) is 4.63. The molecule has 2 aliphatic heterocycles. The molecule has 2 N–H and O–H groups in total. The molecular formula is C13H26N2O. The molecule has 0 aliphatic carbocycles. The normalized spacial score (nSPS) is 29.8. The zero-order chi connectivity index (χ0) is 11.6. The Bertz CT molecular complexity index is 229. The SMILES string of the molecule is CC(C)(C)NCC1CCC2(CCNCC2)O1. The van der Waals surface area contributed by atoms with Crippen LogP contribution < -0.4 is 10.6 Å². The molecule has 0 saturated carbocycles. The molecule has 1 atom stereocenters. The van der Waals surface area contributed by atoms with Crippen LogP contribution in [0.3, 0.4) is 0 Å². The lowest BCUT2D eigenvalue weighted by atomic mass is 9.89. The molecule has 0 aromatic heterocycles. The van der Waals surface area contributed by atoms with E-state index in [2.05, 4.69) is 31.4 Å². The predicted octanol–water partition coefficient (Wildman–Crippen LogP) is 1.68. The third kappa shape index (κ3) is 3.19. The smallest absolute Gasteiger partial charge is 0.0712 e. The van der Waals surface area contributed by atoms with Gasteiger partial charge in [-0.05, 0) is 59.5 Å². The molecule has 1 spiro atoms.